The van der Waals surface area contributed by atoms with Gasteiger partial charge >= 0.3 is 5.97 Å². The average Bonchev–Trinajstić information content (AvgIpc) is 3.40. The van der Waals surface area contributed by atoms with Crippen LogP contribution in [0, 0.1) is 0 Å². The maximum atomic E-state index is 12.5. The summed E-state index contributed by atoms with van der Waals surface area (Å²) >= 11 is 1.57. The highest BCUT2D eigenvalue weighted by Crippen LogP contribution is 2.33. The molecule has 0 radical (unpaired) electrons. The molecule has 1 aliphatic carbocycles. The number of hydrogen-bond donors (Lipinski definition) is 1. The summed E-state index contributed by atoms with van der Waals surface area (Å²) in [5.74, 6) is -0.152. The molecule has 10 heteroatoms. The number of nitrogens with one attached hydrogen (secondary N) is 1. The third-order valence-electron chi connectivity index (χ3n) is 4.93. The number of tetrazole rings is 1. The van der Waals surface area contributed by atoms with Crippen LogP contribution in [0.3, 0.4) is 0 Å². The molecule has 4 aromatic rings. The van der Waals surface area contributed by atoms with Crippen LogP contribution in [0.5, 0.6) is 0 Å². The molecule has 29 heavy (non-hydrogen) atoms. The number of aromatic amines is 1. The summed E-state index contributed by atoms with van der Waals surface area (Å²) in [6, 6.07) is 6.70. The number of benzene rings is 1. The number of ether oxygens (including phenoxy) is 1. The van der Waals surface area contributed by atoms with Gasteiger partial charge in [-0.15, -0.1) is 16.4 Å². The van der Waals surface area contributed by atoms with E-state index in [4.69, 9.17) is 4.74 Å². The lowest BCUT2D eigenvalue weighted by atomic mass is 9.97. The van der Waals surface area contributed by atoms with Gasteiger partial charge in [0.25, 0.3) is 5.56 Å². The molecule has 0 saturated heterocycles. The second-order valence-corrected chi connectivity index (χ2v) is 7.86. The Morgan fingerprint density at radius 3 is 2.83 bits per heavy atom. The Balaban J connectivity index is 1.32. The summed E-state index contributed by atoms with van der Waals surface area (Å²) in [6.45, 7) is -0.0959. The van der Waals surface area contributed by atoms with E-state index in [1.807, 2.05) is 0 Å². The molecule has 9 nitrogen and oxygen atoms in total. The molecule has 3 heterocycles. The van der Waals surface area contributed by atoms with Crippen molar-refractivity contribution < 1.29 is 9.53 Å². The minimum Gasteiger partial charge on any atom is -0.454 e. The van der Waals surface area contributed by atoms with Crippen LogP contribution in [0.15, 0.2) is 35.4 Å². The fourth-order valence-corrected chi connectivity index (χ4v) is 4.80. The fourth-order valence-electron chi connectivity index (χ4n) is 3.52. The van der Waals surface area contributed by atoms with Crippen LogP contribution in [0.1, 0.15) is 39.5 Å². The minimum absolute atomic E-state index is 0.0959. The number of H-pyrrole nitrogens is 1. The van der Waals surface area contributed by atoms with Crippen molar-refractivity contribution in [3.63, 3.8) is 0 Å². The number of nitrogens with zero attached hydrogens (tertiary/aromatic N) is 5. The molecule has 1 aliphatic rings. The summed E-state index contributed by atoms with van der Waals surface area (Å²) in [6.07, 6.45) is 5.64. The van der Waals surface area contributed by atoms with Gasteiger partial charge in [-0.3, -0.25) is 4.79 Å². The van der Waals surface area contributed by atoms with E-state index in [-0.39, 0.29) is 12.2 Å². The molecule has 0 saturated carbocycles. The van der Waals surface area contributed by atoms with E-state index in [0.717, 1.165) is 41.8 Å². The molecule has 146 valence electrons. The first-order chi connectivity index (χ1) is 14.2. The number of aromatic nitrogens is 6. The predicted octanol–water partition coefficient (Wildman–Crippen LogP) is 2.20. The van der Waals surface area contributed by atoms with Gasteiger partial charge in [0.2, 0.25) is 0 Å². The van der Waals surface area contributed by atoms with E-state index in [9.17, 15) is 9.59 Å². The van der Waals surface area contributed by atoms with Crippen molar-refractivity contribution in [3.05, 3.63) is 62.8 Å². The first-order valence-electron chi connectivity index (χ1n) is 9.23. The Hall–Kier alpha value is -3.40. The van der Waals surface area contributed by atoms with Gasteiger partial charge in [0.05, 0.1) is 16.6 Å². The van der Waals surface area contributed by atoms with Crippen molar-refractivity contribution in [1.82, 2.24) is 30.2 Å². The van der Waals surface area contributed by atoms with E-state index >= 15 is 0 Å². The van der Waals surface area contributed by atoms with Crippen LogP contribution in [-0.2, 0) is 24.2 Å². The molecule has 0 bridgehead atoms. The first kappa shape index (κ1) is 17.7. The zero-order chi connectivity index (χ0) is 19.8. The molecule has 0 spiro atoms. The van der Waals surface area contributed by atoms with Crippen molar-refractivity contribution in [1.29, 1.82) is 0 Å². The molecule has 1 aromatic carbocycles. The molecule has 1 N–H and O–H groups in total. The van der Waals surface area contributed by atoms with Gasteiger partial charge in [0, 0.05) is 4.88 Å². The number of carbonyl (C=O) groups excluding carboxylic acids is 1. The number of aryl methyl sites for hydroxylation is 2. The molecule has 0 fully saturated rings. The van der Waals surface area contributed by atoms with E-state index in [1.54, 1.807) is 35.6 Å². The highest BCUT2D eigenvalue weighted by atomic mass is 32.1. The summed E-state index contributed by atoms with van der Waals surface area (Å²) in [7, 11) is 0. The van der Waals surface area contributed by atoms with Gasteiger partial charge in [0.1, 0.15) is 23.6 Å². The third kappa shape index (κ3) is 3.31. The quantitative estimate of drug-likeness (QED) is 0.515. The van der Waals surface area contributed by atoms with Crippen molar-refractivity contribution in [3.8, 4) is 5.69 Å². The molecule has 5 rings (SSSR count). The second kappa shape index (κ2) is 7.21. The average molecular weight is 408 g/mol. The Bertz CT molecular complexity index is 1240. The standard InChI is InChI=1S/C19H16N6O3S/c26-17-16-13-3-1-2-4-14(13)29-18(16)22-15(21-17)9-28-19(27)11-5-7-12(8-6-11)25-10-20-23-24-25/h5-8,10H,1-4,9H2,(H,21,22,26). The predicted molar refractivity (Wildman–Crippen MR) is 105 cm³/mol. The molecular weight excluding hydrogens is 392 g/mol. The lowest BCUT2D eigenvalue weighted by molar-refractivity contribution is 0.0462. The maximum absolute atomic E-state index is 12.5. The highest BCUT2D eigenvalue weighted by molar-refractivity contribution is 7.18. The van der Waals surface area contributed by atoms with Gasteiger partial charge < -0.3 is 9.72 Å². The SMILES string of the molecule is O=C(OCc1nc2sc3c(c2c(=O)[nH]1)CCCC3)c1ccc(-n2cnnn2)cc1. The number of thiophene rings is 1. The van der Waals surface area contributed by atoms with Crippen LogP contribution in [0.2, 0.25) is 0 Å². The lowest BCUT2D eigenvalue weighted by Gasteiger charge is -2.09. The summed E-state index contributed by atoms with van der Waals surface area (Å²) < 4.78 is 6.82. The lowest BCUT2D eigenvalue weighted by Crippen LogP contribution is -2.15. The summed E-state index contributed by atoms with van der Waals surface area (Å²) in [5.41, 5.74) is 2.09. The Labute approximate surface area is 168 Å². The third-order valence-corrected chi connectivity index (χ3v) is 6.12. The first-order valence-corrected chi connectivity index (χ1v) is 10.0. The highest BCUT2D eigenvalue weighted by Gasteiger charge is 2.20. The van der Waals surface area contributed by atoms with Gasteiger partial charge in [-0.25, -0.2) is 14.5 Å². The van der Waals surface area contributed by atoms with Crippen LogP contribution >= 0.6 is 11.3 Å². The number of carbonyl (C=O) groups is 1. The van der Waals surface area contributed by atoms with Crippen molar-refractivity contribution in [2.45, 2.75) is 32.3 Å². The summed E-state index contributed by atoms with van der Waals surface area (Å²) in [5, 5.41) is 11.6. The van der Waals surface area contributed by atoms with E-state index < -0.39 is 5.97 Å². The number of hydrogen-bond acceptors (Lipinski definition) is 8. The topological polar surface area (TPSA) is 116 Å². The number of rotatable bonds is 4. The maximum Gasteiger partial charge on any atom is 0.338 e. The number of esters is 1. The monoisotopic (exact) mass is 408 g/mol. The van der Waals surface area contributed by atoms with Crippen LogP contribution < -0.4 is 5.56 Å². The zero-order valence-electron chi connectivity index (χ0n) is 15.3. The molecule has 3 aromatic heterocycles. The summed E-state index contributed by atoms with van der Waals surface area (Å²) in [4.78, 5) is 34.1. The largest absolute Gasteiger partial charge is 0.454 e. The molecule has 0 unspecified atom stereocenters. The van der Waals surface area contributed by atoms with Crippen LogP contribution in [0.4, 0.5) is 0 Å². The minimum atomic E-state index is -0.499. The second-order valence-electron chi connectivity index (χ2n) is 6.78. The van der Waals surface area contributed by atoms with Crippen LogP contribution in [0.25, 0.3) is 15.9 Å². The van der Waals surface area contributed by atoms with Crippen molar-refractivity contribution >= 4 is 27.5 Å². The Morgan fingerprint density at radius 1 is 1.21 bits per heavy atom. The fraction of sp³-hybridized carbons (Fsp3) is 0.263. The van der Waals surface area contributed by atoms with Gasteiger partial charge in [-0.1, -0.05) is 0 Å². The van der Waals surface area contributed by atoms with E-state index in [0.29, 0.717) is 16.8 Å². The number of fused-ring (bicyclic) bond motifs is 3. The Kier molecular flexibility index (Phi) is 4.39. The Morgan fingerprint density at radius 2 is 2.03 bits per heavy atom. The van der Waals surface area contributed by atoms with Gasteiger partial charge in [-0.2, -0.15) is 0 Å². The van der Waals surface area contributed by atoms with E-state index in [1.165, 1.54) is 15.9 Å². The van der Waals surface area contributed by atoms with E-state index in [2.05, 4.69) is 25.5 Å². The zero-order valence-corrected chi connectivity index (χ0v) is 16.1. The molecule has 0 aliphatic heterocycles. The molecule has 0 atom stereocenters. The van der Waals surface area contributed by atoms with Crippen molar-refractivity contribution in [2.75, 3.05) is 0 Å². The van der Waals surface area contributed by atoms with Gasteiger partial charge in [-0.05, 0) is 65.9 Å². The smallest absolute Gasteiger partial charge is 0.338 e. The molecule has 0 amide bonds. The normalized spacial score (nSPS) is 13.4. The molecular formula is C19H16N6O3S. The van der Waals surface area contributed by atoms with Gasteiger partial charge in [0.15, 0.2) is 0 Å². The van der Waals surface area contributed by atoms with Crippen LogP contribution in [-0.4, -0.2) is 36.1 Å². The van der Waals surface area contributed by atoms with Crippen molar-refractivity contribution in [2.24, 2.45) is 0 Å².